The number of aliphatic hydroxyl groups is 1. The minimum atomic E-state index is -0.0963. The van der Waals surface area contributed by atoms with Crippen LogP contribution < -0.4 is 0 Å². The Morgan fingerprint density at radius 3 is 3.07 bits per heavy atom. The van der Waals surface area contributed by atoms with E-state index in [2.05, 4.69) is 21.5 Å². The normalized spacial score (nSPS) is 26.3. The summed E-state index contributed by atoms with van der Waals surface area (Å²) in [5, 5.41) is 15.7. The highest BCUT2D eigenvalue weighted by atomic mass is 32.1. The van der Waals surface area contributed by atoms with Crippen molar-refractivity contribution in [3.63, 3.8) is 0 Å². The van der Waals surface area contributed by atoms with E-state index in [1.54, 1.807) is 0 Å². The Hall–Kier alpha value is -0.520. The Morgan fingerprint density at radius 1 is 1.60 bits per heavy atom. The number of aromatic nitrogens is 2. The summed E-state index contributed by atoms with van der Waals surface area (Å²) in [4.78, 5) is 2.22. The van der Waals surface area contributed by atoms with Gasteiger partial charge in [-0.3, -0.25) is 0 Å². The summed E-state index contributed by atoms with van der Waals surface area (Å²) in [6.45, 7) is 1.79. The molecule has 15 heavy (non-hydrogen) atoms. The monoisotopic (exact) mass is 227 g/mol. The van der Waals surface area contributed by atoms with Gasteiger partial charge in [0.2, 0.25) is 0 Å². The van der Waals surface area contributed by atoms with Gasteiger partial charge in [0.25, 0.3) is 0 Å². The Morgan fingerprint density at radius 2 is 2.47 bits per heavy atom. The van der Waals surface area contributed by atoms with E-state index in [-0.39, 0.29) is 6.10 Å². The lowest BCUT2D eigenvalue weighted by Gasteiger charge is -2.21. The van der Waals surface area contributed by atoms with Crippen LogP contribution in [0.2, 0.25) is 0 Å². The van der Waals surface area contributed by atoms with Gasteiger partial charge in [-0.15, -0.1) is 5.10 Å². The zero-order chi connectivity index (χ0) is 10.7. The summed E-state index contributed by atoms with van der Waals surface area (Å²) >= 11 is 1.39. The second-order valence-corrected chi connectivity index (χ2v) is 4.96. The van der Waals surface area contributed by atoms with Crippen molar-refractivity contribution < 1.29 is 5.11 Å². The molecule has 0 saturated heterocycles. The maximum atomic E-state index is 9.71. The molecule has 1 aromatic rings. The van der Waals surface area contributed by atoms with E-state index in [9.17, 15) is 5.11 Å². The average molecular weight is 227 g/mol. The van der Waals surface area contributed by atoms with E-state index in [1.165, 1.54) is 11.5 Å². The van der Waals surface area contributed by atoms with Crippen LogP contribution in [0.25, 0.3) is 0 Å². The first-order valence-corrected chi connectivity index (χ1v) is 6.22. The second kappa shape index (κ2) is 5.01. The van der Waals surface area contributed by atoms with Gasteiger partial charge in [-0.1, -0.05) is 10.9 Å². The summed E-state index contributed by atoms with van der Waals surface area (Å²) < 4.78 is 3.84. The molecule has 2 rings (SSSR count). The molecule has 1 aromatic heterocycles. The fraction of sp³-hybridized carbons (Fsp3) is 0.800. The topological polar surface area (TPSA) is 49.2 Å². The summed E-state index contributed by atoms with van der Waals surface area (Å²) in [6.07, 6.45) is 3.19. The molecule has 2 atom stereocenters. The van der Waals surface area contributed by atoms with Gasteiger partial charge in [0.15, 0.2) is 0 Å². The molecule has 0 radical (unpaired) electrons. The van der Waals surface area contributed by atoms with E-state index < -0.39 is 0 Å². The second-order valence-electron chi connectivity index (χ2n) is 4.35. The molecule has 0 amide bonds. The maximum Gasteiger partial charge on any atom is 0.0895 e. The van der Waals surface area contributed by atoms with Gasteiger partial charge in [-0.25, -0.2) is 0 Å². The van der Waals surface area contributed by atoms with Crippen molar-refractivity contribution in [3.05, 3.63) is 11.1 Å². The summed E-state index contributed by atoms with van der Waals surface area (Å²) in [5.74, 6) is 0.446. The molecule has 4 nitrogen and oxygen atoms in total. The van der Waals surface area contributed by atoms with Crippen molar-refractivity contribution in [3.8, 4) is 0 Å². The van der Waals surface area contributed by atoms with Crippen LogP contribution in [0, 0.1) is 5.92 Å². The molecule has 2 unspecified atom stereocenters. The van der Waals surface area contributed by atoms with Crippen LogP contribution in [0.3, 0.4) is 0 Å². The SMILES string of the molecule is CN(Cc1csnn1)CC1CCCC1O. The van der Waals surface area contributed by atoms with Crippen LogP contribution in [0.1, 0.15) is 25.0 Å². The highest BCUT2D eigenvalue weighted by Crippen LogP contribution is 2.26. The van der Waals surface area contributed by atoms with Crippen LogP contribution in [-0.2, 0) is 6.54 Å². The molecule has 1 aliphatic rings. The molecule has 1 saturated carbocycles. The lowest BCUT2D eigenvalue weighted by Crippen LogP contribution is -2.29. The Labute approximate surface area is 94.1 Å². The van der Waals surface area contributed by atoms with Gasteiger partial charge in [0.05, 0.1) is 11.8 Å². The first-order chi connectivity index (χ1) is 7.25. The molecule has 0 aliphatic heterocycles. The van der Waals surface area contributed by atoms with Gasteiger partial charge in [0.1, 0.15) is 0 Å². The Kier molecular flexibility index (Phi) is 3.66. The lowest BCUT2D eigenvalue weighted by molar-refractivity contribution is 0.107. The molecule has 1 aliphatic carbocycles. The minimum absolute atomic E-state index is 0.0963. The molecule has 5 heteroatoms. The molecule has 1 fully saturated rings. The van der Waals surface area contributed by atoms with Crippen LogP contribution in [0.4, 0.5) is 0 Å². The van der Waals surface area contributed by atoms with E-state index in [4.69, 9.17) is 0 Å². The molecule has 1 heterocycles. The first-order valence-electron chi connectivity index (χ1n) is 5.38. The van der Waals surface area contributed by atoms with Crippen LogP contribution in [0.5, 0.6) is 0 Å². The number of rotatable bonds is 4. The van der Waals surface area contributed by atoms with E-state index in [0.717, 1.165) is 38.0 Å². The zero-order valence-corrected chi connectivity index (χ0v) is 9.78. The highest BCUT2D eigenvalue weighted by molar-refractivity contribution is 7.03. The molecule has 1 N–H and O–H groups in total. The van der Waals surface area contributed by atoms with Crippen molar-refractivity contribution in [1.29, 1.82) is 0 Å². The highest BCUT2D eigenvalue weighted by Gasteiger charge is 2.26. The van der Waals surface area contributed by atoms with Crippen molar-refractivity contribution in [2.75, 3.05) is 13.6 Å². The van der Waals surface area contributed by atoms with Gasteiger partial charge >= 0.3 is 0 Å². The molecule has 0 spiro atoms. The van der Waals surface area contributed by atoms with Gasteiger partial charge in [-0.05, 0) is 37.3 Å². The predicted molar refractivity (Wildman–Crippen MR) is 59.6 cm³/mol. The molecule has 84 valence electrons. The number of nitrogens with zero attached hydrogens (tertiary/aromatic N) is 3. The van der Waals surface area contributed by atoms with Crippen molar-refractivity contribution in [2.45, 2.75) is 31.9 Å². The average Bonchev–Trinajstić information content (AvgIpc) is 2.79. The van der Waals surface area contributed by atoms with Crippen LogP contribution in [0.15, 0.2) is 5.38 Å². The standard InChI is InChI=1S/C10H17N3OS/c1-13(6-9-7-15-12-11-9)5-8-3-2-4-10(8)14/h7-8,10,14H,2-6H2,1H3. The van der Waals surface area contributed by atoms with Crippen LogP contribution in [-0.4, -0.2) is 39.3 Å². The molecular formula is C10H17N3OS. The summed E-state index contributed by atoms with van der Waals surface area (Å²) in [7, 11) is 2.07. The zero-order valence-electron chi connectivity index (χ0n) is 8.96. The third-order valence-corrected chi connectivity index (χ3v) is 3.56. The smallest absolute Gasteiger partial charge is 0.0895 e. The first kappa shape index (κ1) is 11.0. The summed E-state index contributed by atoms with van der Waals surface area (Å²) in [5.41, 5.74) is 1.02. The predicted octanol–water partition coefficient (Wildman–Crippen LogP) is 1.13. The largest absolute Gasteiger partial charge is 0.393 e. The van der Waals surface area contributed by atoms with E-state index >= 15 is 0 Å². The van der Waals surface area contributed by atoms with Crippen molar-refractivity contribution >= 4 is 11.5 Å². The maximum absolute atomic E-state index is 9.71. The van der Waals surface area contributed by atoms with Gasteiger partial charge in [0, 0.05) is 18.5 Å². The quantitative estimate of drug-likeness (QED) is 0.837. The number of hydrogen-bond acceptors (Lipinski definition) is 5. The number of hydrogen-bond donors (Lipinski definition) is 1. The third kappa shape index (κ3) is 2.96. The van der Waals surface area contributed by atoms with E-state index in [0.29, 0.717) is 5.92 Å². The lowest BCUT2D eigenvalue weighted by atomic mass is 10.1. The van der Waals surface area contributed by atoms with Gasteiger partial charge in [-0.2, -0.15) is 0 Å². The fourth-order valence-corrected chi connectivity index (χ4v) is 2.67. The fourth-order valence-electron chi connectivity index (χ4n) is 2.22. The van der Waals surface area contributed by atoms with Gasteiger partial charge < -0.3 is 10.0 Å². The van der Waals surface area contributed by atoms with Crippen LogP contribution >= 0.6 is 11.5 Å². The molecule has 0 aromatic carbocycles. The van der Waals surface area contributed by atoms with Crippen molar-refractivity contribution in [1.82, 2.24) is 14.5 Å². The third-order valence-electron chi connectivity index (χ3n) is 3.00. The minimum Gasteiger partial charge on any atom is -0.393 e. The Bertz CT molecular complexity index is 291. The molecular weight excluding hydrogens is 210 g/mol. The van der Waals surface area contributed by atoms with Crippen molar-refractivity contribution in [2.24, 2.45) is 5.92 Å². The van der Waals surface area contributed by atoms with E-state index in [1.807, 2.05) is 5.38 Å². The summed E-state index contributed by atoms with van der Waals surface area (Å²) in [6, 6.07) is 0. The Balaban J connectivity index is 1.79. The molecule has 0 bridgehead atoms. The number of aliphatic hydroxyl groups excluding tert-OH is 1.